The van der Waals surface area contributed by atoms with Gasteiger partial charge in [0.1, 0.15) is 5.78 Å². The second-order valence-corrected chi connectivity index (χ2v) is 7.09. The average Bonchev–Trinajstić information content (AvgIpc) is 2.67. The monoisotopic (exact) mass is 374 g/mol. The van der Waals surface area contributed by atoms with Crippen molar-refractivity contribution in [1.29, 1.82) is 0 Å². The lowest BCUT2D eigenvalue weighted by Gasteiger charge is -2.29. The van der Waals surface area contributed by atoms with Crippen molar-refractivity contribution in [1.82, 2.24) is 20.5 Å². The van der Waals surface area contributed by atoms with Gasteiger partial charge in [0.25, 0.3) is 0 Å². The lowest BCUT2D eigenvalue weighted by Crippen LogP contribution is -2.48. The molecule has 1 saturated carbocycles. The smallest absolute Gasteiger partial charge is 0.324 e. The van der Waals surface area contributed by atoms with Gasteiger partial charge >= 0.3 is 6.03 Å². The van der Waals surface area contributed by atoms with Crippen LogP contribution in [0.3, 0.4) is 0 Å². The number of pyridine rings is 1. The van der Waals surface area contributed by atoms with Crippen molar-refractivity contribution < 1.29 is 14.4 Å². The summed E-state index contributed by atoms with van der Waals surface area (Å²) in [5.41, 5.74) is 0.877. The van der Waals surface area contributed by atoms with E-state index in [1.807, 2.05) is 6.07 Å². The number of imide groups is 1. The zero-order valence-electron chi connectivity index (χ0n) is 16.2. The first kappa shape index (κ1) is 21.0. The van der Waals surface area contributed by atoms with E-state index in [2.05, 4.69) is 15.6 Å². The fraction of sp³-hybridized carbons (Fsp3) is 0.600. The third kappa shape index (κ3) is 6.43. The Hall–Kier alpha value is -2.28. The summed E-state index contributed by atoms with van der Waals surface area (Å²) in [6, 6.07) is 3.28. The summed E-state index contributed by atoms with van der Waals surface area (Å²) in [6.07, 6.45) is 7.06. The maximum absolute atomic E-state index is 13.0. The minimum Gasteiger partial charge on any atom is -0.333 e. The van der Waals surface area contributed by atoms with Crippen LogP contribution in [0.2, 0.25) is 0 Å². The molecule has 1 heterocycles. The lowest BCUT2D eigenvalue weighted by molar-refractivity contribution is -0.133. The molecule has 27 heavy (non-hydrogen) atoms. The molecule has 2 unspecified atom stereocenters. The molecule has 2 atom stereocenters. The van der Waals surface area contributed by atoms with Crippen LogP contribution in [0.1, 0.15) is 44.6 Å². The molecular weight excluding hydrogens is 344 g/mol. The molecule has 1 aromatic heterocycles. The molecule has 0 aromatic carbocycles. The van der Waals surface area contributed by atoms with E-state index in [0.29, 0.717) is 38.9 Å². The molecular formula is C20H30N4O3. The Balaban J connectivity index is 1.97. The Morgan fingerprint density at radius 1 is 1.41 bits per heavy atom. The first-order valence-corrected chi connectivity index (χ1v) is 9.69. The Morgan fingerprint density at radius 2 is 2.22 bits per heavy atom. The lowest BCUT2D eigenvalue weighted by atomic mass is 9.81. The summed E-state index contributed by atoms with van der Waals surface area (Å²) >= 11 is 0. The van der Waals surface area contributed by atoms with E-state index in [0.717, 1.165) is 18.4 Å². The van der Waals surface area contributed by atoms with Gasteiger partial charge in [0, 0.05) is 44.9 Å². The summed E-state index contributed by atoms with van der Waals surface area (Å²) in [4.78, 5) is 42.5. The van der Waals surface area contributed by atoms with Gasteiger partial charge in [-0.2, -0.15) is 0 Å². The molecule has 7 heteroatoms. The molecule has 0 bridgehead atoms. The van der Waals surface area contributed by atoms with E-state index in [4.69, 9.17) is 0 Å². The van der Waals surface area contributed by atoms with Gasteiger partial charge in [0.05, 0.1) is 5.92 Å². The second kappa shape index (κ2) is 10.8. The minimum absolute atomic E-state index is 0.187. The van der Waals surface area contributed by atoms with Gasteiger partial charge in [-0.3, -0.25) is 19.5 Å². The van der Waals surface area contributed by atoms with Crippen LogP contribution < -0.4 is 10.6 Å². The number of ketones is 1. The molecule has 1 aliphatic carbocycles. The predicted molar refractivity (Wildman–Crippen MR) is 103 cm³/mol. The molecule has 0 saturated heterocycles. The maximum atomic E-state index is 13.0. The molecule has 2 N–H and O–H groups in total. The number of hydrogen-bond donors (Lipinski definition) is 2. The molecule has 1 fully saturated rings. The summed E-state index contributed by atoms with van der Waals surface area (Å²) < 4.78 is 0. The largest absolute Gasteiger partial charge is 0.333 e. The number of hydrogen-bond acceptors (Lipinski definition) is 5. The van der Waals surface area contributed by atoms with Crippen LogP contribution in [-0.4, -0.2) is 47.7 Å². The fourth-order valence-electron chi connectivity index (χ4n) is 3.63. The van der Waals surface area contributed by atoms with Crippen molar-refractivity contribution in [2.24, 2.45) is 11.8 Å². The highest BCUT2D eigenvalue weighted by Gasteiger charge is 2.31. The molecule has 3 amide bonds. The molecule has 1 aromatic rings. The van der Waals surface area contributed by atoms with Crippen LogP contribution in [-0.2, 0) is 16.1 Å². The Kier molecular flexibility index (Phi) is 8.39. The molecule has 148 valence electrons. The Labute approximate surface area is 160 Å². The first-order valence-electron chi connectivity index (χ1n) is 9.69. The number of urea groups is 1. The molecule has 0 radical (unpaired) electrons. The van der Waals surface area contributed by atoms with Crippen LogP contribution in [0.5, 0.6) is 0 Å². The zero-order valence-corrected chi connectivity index (χ0v) is 16.2. The van der Waals surface area contributed by atoms with Crippen LogP contribution in [0, 0.1) is 11.8 Å². The van der Waals surface area contributed by atoms with Crippen molar-refractivity contribution in [3.63, 3.8) is 0 Å². The summed E-state index contributed by atoms with van der Waals surface area (Å²) in [6.45, 7) is 2.92. The van der Waals surface area contributed by atoms with Crippen LogP contribution in [0.15, 0.2) is 24.5 Å². The van der Waals surface area contributed by atoms with Crippen LogP contribution in [0.25, 0.3) is 0 Å². The third-order valence-electron chi connectivity index (χ3n) is 5.00. The standard InChI is InChI=1S/C20H30N4O3/c1-3-24(20(27)23-13-16-7-5-9-22-12-16)19(26)17(14-21-2)10-15-6-4-8-18(25)11-15/h5,7,9,12,15,17,21H,3-4,6,8,10-11,13-14H2,1-2H3,(H,23,27). The Bertz CT molecular complexity index is 635. The van der Waals surface area contributed by atoms with E-state index in [-0.39, 0.29) is 23.5 Å². The summed E-state index contributed by atoms with van der Waals surface area (Å²) in [7, 11) is 1.80. The van der Waals surface area contributed by atoms with Crippen molar-refractivity contribution in [3.05, 3.63) is 30.1 Å². The topological polar surface area (TPSA) is 91.4 Å². The van der Waals surface area contributed by atoms with Crippen molar-refractivity contribution in [2.45, 2.75) is 45.6 Å². The number of Topliss-reactive ketones (excluding diaryl/α,β-unsaturated/α-hetero) is 1. The number of carbonyl (C=O) groups excluding carboxylic acids is 3. The zero-order chi connectivity index (χ0) is 19.6. The maximum Gasteiger partial charge on any atom is 0.324 e. The van der Waals surface area contributed by atoms with Crippen molar-refractivity contribution in [2.75, 3.05) is 20.1 Å². The van der Waals surface area contributed by atoms with Gasteiger partial charge in [-0.05, 0) is 50.8 Å². The number of aromatic nitrogens is 1. The Morgan fingerprint density at radius 3 is 2.85 bits per heavy atom. The van der Waals surface area contributed by atoms with Gasteiger partial charge < -0.3 is 10.6 Å². The molecule has 0 spiro atoms. The van der Waals surface area contributed by atoms with Crippen molar-refractivity contribution >= 4 is 17.7 Å². The second-order valence-electron chi connectivity index (χ2n) is 7.09. The number of nitrogens with one attached hydrogen (secondary N) is 2. The van der Waals surface area contributed by atoms with E-state index < -0.39 is 6.03 Å². The summed E-state index contributed by atoms with van der Waals surface area (Å²) in [5.74, 6) is 0.0118. The van der Waals surface area contributed by atoms with E-state index in [9.17, 15) is 14.4 Å². The predicted octanol–water partition coefficient (Wildman–Crippen LogP) is 2.12. The molecule has 2 rings (SSSR count). The number of nitrogens with zero attached hydrogens (tertiary/aromatic N) is 2. The molecule has 0 aliphatic heterocycles. The highest BCUT2D eigenvalue weighted by atomic mass is 16.2. The number of amides is 3. The normalized spacial score (nSPS) is 18.0. The highest BCUT2D eigenvalue weighted by molar-refractivity contribution is 5.95. The number of carbonyl (C=O) groups is 3. The van der Waals surface area contributed by atoms with Crippen LogP contribution in [0.4, 0.5) is 4.79 Å². The van der Waals surface area contributed by atoms with Gasteiger partial charge in [0.2, 0.25) is 5.91 Å². The number of rotatable bonds is 8. The van der Waals surface area contributed by atoms with Gasteiger partial charge in [-0.25, -0.2) is 4.79 Å². The quantitative estimate of drug-likeness (QED) is 0.727. The summed E-state index contributed by atoms with van der Waals surface area (Å²) in [5, 5.41) is 5.84. The fourth-order valence-corrected chi connectivity index (χ4v) is 3.63. The van der Waals surface area contributed by atoms with E-state index in [1.165, 1.54) is 4.90 Å². The van der Waals surface area contributed by atoms with Crippen LogP contribution >= 0.6 is 0 Å². The van der Waals surface area contributed by atoms with Gasteiger partial charge in [-0.1, -0.05) is 6.07 Å². The third-order valence-corrected chi connectivity index (χ3v) is 5.00. The molecule has 1 aliphatic rings. The average molecular weight is 374 g/mol. The minimum atomic E-state index is -0.396. The SMILES string of the molecule is CCN(C(=O)NCc1cccnc1)C(=O)C(CNC)CC1CCCC(=O)C1. The first-order chi connectivity index (χ1) is 13.0. The van der Waals surface area contributed by atoms with E-state index >= 15 is 0 Å². The molecule has 7 nitrogen and oxygen atoms in total. The van der Waals surface area contributed by atoms with Gasteiger partial charge in [0.15, 0.2) is 0 Å². The van der Waals surface area contributed by atoms with E-state index in [1.54, 1.807) is 32.4 Å². The van der Waals surface area contributed by atoms with Gasteiger partial charge in [-0.15, -0.1) is 0 Å². The highest BCUT2D eigenvalue weighted by Crippen LogP contribution is 2.28. The van der Waals surface area contributed by atoms with Crippen molar-refractivity contribution in [3.8, 4) is 0 Å².